The fourth-order valence-electron chi connectivity index (χ4n) is 2.65. The molecule has 5 nitrogen and oxygen atoms in total. The first-order chi connectivity index (χ1) is 12.1. The van der Waals surface area contributed by atoms with Gasteiger partial charge in [-0.25, -0.2) is 9.78 Å². The van der Waals surface area contributed by atoms with Gasteiger partial charge in [0.1, 0.15) is 9.71 Å². The molecule has 1 aromatic carbocycles. The van der Waals surface area contributed by atoms with Crippen molar-refractivity contribution in [3.63, 3.8) is 0 Å². The largest absolute Gasteiger partial charge is 0.462 e. The summed E-state index contributed by atoms with van der Waals surface area (Å²) in [6.45, 7) is 4.29. The number of fused-ring (bicyclic) bond motifs is 1. The summed E-state index contributed by atoms with van der Waals surface area (Å²) in [6, 6.07) is 9.79. The lowest BCUT2D eigenvalue weighted by atomic mass is 10.2. The number of hydrogen-bond acceptors (Lipinski definition) is 6. The van der Waals surface area contributed by atoms with Gasteiger partial charge < -0.3 is 4.74 Å². The van der Waals surface area contributed by atoms with Gasteiger partial charge in [0.15, 0.2) is 5.16 Å². The summed E-state index contributed by atoms with van der Waals surface area (Å²) in [6.07, 6.45) is 1.89. The zero-order valence-electron chi connectivity index (χ0n) is 14.2. The third kappa shape index (κ3) is 3.34. The first-order valence-electron chi connectivity index (χ1n) is 7.85. The number of nitrogens with zero attached hydrogens (tertiary/aromatic N) is 2. The number of hydrogen-bond donors (Lipinski definition) is 0. The zero-order valence-corrected chi connectivity index (χ0v) is 15.9. The predicted octanol–water partition coefficient (Wildman–Crippen LogP) is 3.71. The van der Waals surface area contributed by atoms with Gasteiger partial charge in [-0.3, -0.25) is 9.36 Å². The molecule has 0 atom stereocenters. The molecule has 0 bridgehead atoms. The maximum absolute atomic E-state index is 13.1. The van der Waals surface area contributed by atoms with E-state index in [4.69, 9.17) is 4.74 Å². The average Bonchev–Trinajstić information content (AvgIpc) is 2.95. The smallest absolute Gasteiger partial charge is 0.348 e. The Hall–Kier alpha value is -2.12. The van der Waals surface area contributed by atoms with Crippen molar-refractivity contribution in [2.45, 2.75) is 25.5 Å². The van der Waals surface area contributed by atoms with Crippen LogP contribution in [-0.2, 0) is 11.3 Å². The molecule has 0 aliphatic rings. The van der Waals surface area contributed by atoms with E-state index in [2.05, 4.69) is 4.98 Å². The van der Waals surface area contributed by atoms with E-state index in [-0.39, 0.29) is 5.56 Å². The van der Waals surface area contributed by atoms with Crippen LogP contribution in [0.4, 0.5) is 0 Å². The number of benzene rings is 1. The van der Waals surface area contributed by atoms with Crippen molar-refractivity contribution < 1.29 is 9.53 Å². The number of thiophene rings is 1. The van der Waals surface area contributed by atoms with Crippen LogP contribution < -0.4 is 5.56 Å². The minimum absolute atomic E-state index is 0.123. The summed E-state index contributed by atoms with van der Waals surface area (Å²) in [7, 11) is 0. The van der Waals surface area contributed by atoms with E-state index in [1.54, 1.807) is 18.4 Å². The first-order valence-corrected chi connectivity index (χ1v) is 9.89. The van der Waals surface area contributed by atoms with Crippen molar-refractivity contribution in [2.75, 3.05) is 12.9 Å². The molecule has 7 heteroatoms. The van der Waals surface area contributed by atoms with Gasteiger partial charge in [0, 0.05) is 0 Å². The standard InChI is InChI=1S/C18H18N2O3S2/c1-4-23-17(22)14-11(2)13-15(25-14)19-18(24-3)20(16(13)21)10-12-8-6-5-7-9-12/h5-9H,4,10H2,1-3H3. The summed E-state index contributed by atoms with van der Waals surface area (Å²) in [5.41, 5.74) is 1.55. The van der Waals surface area contributed by atoms with Crippen LogP contribution in [0.1, 0.15) is 27.7 Å². The zero-order chi connectivity index (χ0) is 18.0. The Labute approximate surface area is 153 Å². The van der Waals surface area contributed by atoms with Gasteiger partial charge in [0.05, 0.1) is 18.5 Å². The average molecular weight is 374 g/mol. The Balaban J connectivity index is 2.18. The number of rotatable bonds is 5. The minimum Gasteiger partial charge on any atom is -0.462 e. The number of carbonyl (C=O) groups excluding carboxylic acids is 1. The molecule has 0 amide bonds. The Morgan fingerprint density at radius 3 is 2.68 bits per heavy atom. The number of carbonyl (C=O) groups is 1. The second-order valence-corrected chi connectivity index (χ2v) is 7.20. The summed E-state index contributed by atoms with van der Waals surface area (Å²) in [5, 5.41) is 1.14. The van der Waals surface area contributed by atoms with Crippen molar-refractivity contribution in [1.82, 2.24) is 9.55 Å². The van der Waals surface area contributed by atoms with Crippen LogP contribution in [-0.4, -0.2) is 28.4 Å². The Morgan fingerprint density at radius 2 is 2.04 bits per heavy atom. The van der Waals surface area contributed by atoms with Gasteiger partial charge in [-0.05, 0) is 31.2 Å². The molecular formula is C18H18N2O3S2. The van der Waals surface area contributed by atoms with Gasteiger partial charge in [-0.15, -0.1) is 11.3 Å². The van der Waals surface area contributed by atoms with Crippen LogP contribution in [0.15, 0.2) is 40.3 Å². The molecule has 3 rings (SSSR count). The normalized spacial score (nSPS) is 11.0. The lowest BCUT2D eigenvalue weighted by Gasteiger charge is -2.10. The van der Waals surface area contributed by atoms with Crippen molar-refractivity contribution in [3.8, 4) is 0 Å². The van der Waals surface area contributed by atoms with Crippen molar-refractivity contribution >= 4 is 39.3 Å². The quantitative estimate of drug-likeness (QED) is 0.387. The molecule has 0 fully saturated rings. The molecule has 0 spiro atoms. The lowest BCUT2D eigenvalue weighted by Crippen LogP contribution is -2.23. The number of aromatic nitrogens is 2. The highest BCUT2D eigenvalue weighted by Crippen LogP contribution is 2.29. The monoisotopic (exact) mass is 374 g/mol. The third-order valence-electron chi connectivity index (χ3n) is 3.84. The number of esters is 1. The second kappa shape index (κ2) is 7.41. The SMILES string of the molecule is CCOC(=O)c1sc2nc(SC)n(Cc3ccccc3)c(=O)c2c1C. The molecule has 2 heterocycles. The predicted molar refractivity (Wildman–Crippen MR) is 102 cm³/mol. The van der Waals surface area contributed by atoms with E-state index in [1.165, 1.54) is 23.1 Å². The van der Waals surface area contributed by atoms with E-state index >= 15 is 0 Å². The number of thioether (sulfide) groups is 1. The fourth-order valence-corrected chi connectivity index (χ4v) is 4.32. The van der Waals surface area contributed by atoms with Gasteiger partial charge in [0.25, 0.3) is 5.56 Å². The van der Waals surface area contributed by atoms with Crippen molar-refractivity contribution in [2.24, 2.45) is 0 Å². The first kappa shape index (κ1) is 17.7. The molecule has 0 aliphatic carbocycles. The highest BCUT2D eigenvalue weighted by Gasteiger charge is 2.22. The maximum Gasteiger partial charge on any atom is 0.348 e. The fraction of sp³-hybridized carbons (Fsp3) is 0.278. The molecule has 0 saturated carbocycles. The summed E-state index contributed by atoms with van der Waals surface area (Å²) < 4.78 is 6.75. The van der Waals surface area contributed by atoms with Crippen molar-refractivity contribution in [1.29, 1.82) is 0 Å². The number of aryl methyl sites for hydroxylation is 1. The summed E-state index contributed by atoms with van der Waals surface area (Å²) in [5.74, 6) is -0.400. The molecular weight excluding hydrogens is 356 g/mol. The maximum atomic E-state index is 13.1. The summed E-state index contributed by atoms with van der Waals surface area (Å²) in [4.78, 5) is 30.9. The Morgan fingerprint density at radius 1 is 1.32 bits per heavy atom. The van der Waals surface area contributed by atoms with Crippen LogP contribution in [0.3, 0.4) is 0 Å². The molecule has 130 valence electrons. The lowest BCUT2D eigenvalue weighted by molar-refractivity contribution is 0.0531. The summed E-state index contributed by atoms with van der Waals surface area (Å²) >= 11 is 2.64. The van der Waals surface area contributed by atoms with E-state index in [1.807, 2.05) is 36.6 Å². The van der Waals surface area contributed by atoms with Crippen LogP contribution in [0, 0.1) is 6.92 Å². The van der Waals surface area contributed by atoms with Gasteiger partial charge in [-0.1, -0.05) is 42.1 Å². The van der Waals surface area contributed by atoms with E-state index in [0.29, 0.717) is 39.0 Å². The van der Waals surface area contributed by atoms with Gasteiger partial charge >= 0.3 is 5.97 Å². The van der Waals surface area contributed by atoms with Crippen LogP contribution in [0.25, 0.3) is 10.2 Å². The van der Waals surface area contributed by atoms with Gasteiger partial charge in [-0.2, -0.15) is 0 Å². The molecule has 0 radical (unpaired) electrons. The molecule has 0 N–H and O–H groups in total. The van der Waals surface area contributed by atoms with Crippen molar-refractivity contribution in [3.05, 3.63) is 56.7 Å². The van der Waals surface area contributed by atoms with E-state index in [0.717, 1.165) is 5.56 Å². The van der Waals surface area contributed by atoms with Gasteiger partial charge in [0.2, 0.25) is 0 Å². The van der Waals surface area contributed by atoms with Crippen LogP contribution in [0.2, 0.25) is 0 Å². The molecule has 25 heavy (non-hydrogen) atoms. The molecule has 2 aromatic heterocycles. The van der Waals surface area contributed by atoms with Crippen LogP contribution >= 0.6 is 23.1 Å². The van der Waals surface area contributed by atoms with Crippen LogP contribution in [0.5, 0.6) is 0 Å². The van der Waals surface area contributed by atoms with E-state index in [9.17, 15) is 9.59 Å². The Bertz CT molecular complexity index is 977. The second-order valence-electron chi connectivity index (χ2n) is 5.43. The number of ether oxygens (including phenoxy) is 1. The molecule has 3 aromatic rings. The van der Waals surface area contributed by atoms with E-state index < -0.39 is 5.97 Å². The topological polar surface area (TPSA) is 61.2 Å². The minimum atomic E-state index is -0.400. The highest BCUT2D eigenvalue weighted by atomic mass is 32.2. The third-order valence-corrected chi connectivity index (χ3v) is 5.68. The molecule has 0 aliphatic heterocycles. The Kier molecular flexibility index (Phi) is 5.24. The highest BCUT2D eigenvalue weighted by molar-refractivity contribution is 7.98. The molecule has 0 unspecified atom stereocenters. The molecule has 0 saturated heterocycles.